The van der Waals surface area contributed by atoms with E-state index < -0.39 is 10.8 Å². The van der Waals surface area contributed by atoms with Crippen LogP contribution in [0.4, 0.5) is 0 Å². The molecule has 2 rings (SSSR count). The lowest BCUT2D eigenvalue weighted by Gasteiger charge is -2.35. The standard InChI is InChI=1S/C40H52O4/c1-29(17-13-19-31(3)21-23-35(43)39(9)27-33(41)25-37(39,5)6)15-11-12-16-30(2)18-14-20-32(4)22-24-36(44)40(10)28-34(42)26-38(40,7)8/h11-24H,25-28H2,1-10H3/b12-11+,17-13+,18-14+,23-21+,24-22+,29-15+,30-16+,31-19+,32-20+. The van der Waals surface area contributed by atoms with Crippen molar-refractivity contribution in [3.63, 3.8) is 0 Å². The molecule has 0 N–H and O–H groups in total. The molecule has 2 atom stereocenters. The predicted molar refractivity (Wildman–Crippen MR) is 183 cm³/mol. The Morgan fingerprint density at radius 1 is 0.455 bits per heavy atom. The number of hydrogen-bond acceptors (Lipinski definition) is 4. The summed E-state index contributed by atoms with van der Waals surface area (Å²) in [4.78, 5) is 49.7. The molecule has 0 bridgehead atoms. The Balaban J connectivity index is 1.88. The van der Waals surface area contributed by atoms with Gasteiger partial charge in [0.1, 0.15) is 11.6 Å². The molecule has 0 aliphatic heterocycles. The van der Waals surface area contributed by atoms with E-state index in [2.05, 4.69) is 0 Å². The molecule has 2 fully saturated rings. The summed E-state index contributed by atoms with van der Waals surface area (Å²) in [7, 11) is 0. The van der Waals surface area contributed by atoms with Crippen LogP contribution in [0.1, 0.15) is 94.9 Å². The van der Waals surface area contributed by atoms with Crippen LogP contribution >= 0.6 is 0 Å². The third kappa shape index (κ3) is 9.42. The molecular weight excluding hydrogens is 544 g/mol. The first-order valence-corrected chi connectivity index (χ1v) is 15.5. The van der Waals surface area contributed by atoms with Crippen LogP contribution in [0.5, 0.6) is 0 Å². The third-order valence-electron chi connectivity index (χ3n) is 9.72. The Labute approximate surface area is 265 Å². The van der Waals surface area contributed by atoms with Crippen molar-refractivity contribution in [1.82, 2.24) is 0 Å². The van der Waals surface area contributed by atoms with E-state index in [1.54, 1.807) is 12.2 Å². The zero-order valence-electron chi connectivity index (χ0n) is 28.5. The van der Waals surface area contributed by atoms with Crippen molar-refractivity contribution < 1.29 is 19.2 Å². The molecule has 2 saturated carbocycles. The second-order valence-corrected chi connectivity index (χ2v) is 14.4. The third-order valence-corrected chi connectivity index (χ3v) is 9.72. The smallest absolute Gasteiger partial charge is 0.162 e. The van der Waals surface area contributed by atoms with Gasteiger partial charge in [-0.1, -0.05) is 137 Å². The number of Topliss-reactive ketones (excluding diaryl/α,β-unsaturated/α-hetero) is 2. The van der Waals surface area contributed by atoms with Crippen LogP contribution < -0.4 is 0 Å². The number of carbonyl (C=O) groups excluding carboxylic acids is 4. The van der Waals surface area contributed by atoms with Crippen LogP contribution in [-0.4, -0.2) is 23.1 Å². The highest BCUT2D eigenvalue weighted by Gasteiger charge is 2.53. The fourth-order valence-corrected chi connectivity index (χ4v) is 5.73. The van der Waals surface area contributed by atoms with Gasteiger partial charge in [0.05, 0.1) is 0 Å². The minimum atomic E-state index is -0.644. The van der Waals surface area contributed by atoms with Gasteiger partial charge >= 0.3 is 0 Å². The first-order chi connectivity index (χ1) is 20.3. The first kappa shape index (κ1) is 36.5. The van der Waals surface area contributed by atoms with Crippen molar-refractivity contribution >= 4 is 23.1 Å². The molecule has 0 aromatic rings. The molecule has 2 aliphatic rings. The van der Waals surface area contributed by atoms with E-state index in [0.717, 1.165) is 22.3 Å². The summed E-state index contributed by atoms with van der Waals surface area (Å²) in [6.45, 7) is 19.8. The van der Waals surface area contributed by atoms with Crippen LogP contribution in [0.15, 0.2) is 107 Å². The van der Waals surface area contributed by atoms with Crippen molar-refractivity contribution in [2.45, 2.75) is 94.9 Å². The van der Waals surface area contributed by atoms with E-state index in [4.69, 9.17) is 0 Å². The van der Waals surface area contributed by atoms with E-state index in [0.29, 0.717) is 25.7 Å². The first-order valence-electron chi connectivity index (χ1n) is 15.5. The summed E-state index contributed by atoms with van der Waals surface area (Å²) in [6.07, 6.45) is 28.3. The number of allylic oxidation sites excluding steroid dienone is 18. The van der Waals surface area contributed by atoms with E-state index in [9.17, 15) is 19.2 Å². The van der Waals surface area contributed by atoms with Gasteiger partial charge < -0.3 is 0 Å². The fraction of sp³-hybridized carbons (Fsp3) is 0.450. The Kier molecular flexibility index (Phi) is 12.4. The Morgan fingerprint density at radius 3 is 1.05 bits per heavy atom. The molecule has 0 saturated heterocycles. The lowest BCUT2D eigenvalue weighted by atomic mass is 9.66. The minimum absolute atomic E-state index is 0.0110. The molecule has 2 aliphatic carbocycles. The van der Waals surface area contributed by atoms with Crippen molar-refractivity contribution in [3.8, 4) is 0 Å². The average molecular weight is 597 g/mol. The summed E-state index contributed by atoms with van der Waals surface area (Å²) in [5.41, 5.74) is 2.16. The molecule has 0 aromatic carbocycles. The second kappa shape index (κ2) is 14.9. The van der Waals surface area contributed by atoms with Gasteiger partial charge in [0.25, 0.3) is 0 Å². The van der Waals surface area contributed by atoms with Crippen LogP contribution in [0, 0.1) is 21.7 Å². The zero-order valence-corrected chi connectivity index (χ0v) is 28.5. The molecule has 4 heteroatoms. The summed E-state index contributed by atoms with van der Waals surface area (Å²) in [5.74, 6) is 0.343. The van der Waals surface area contributed by atoms with Crippen molar-refractivity contribution in [1.29, 1.82) is 0 Å². The minimum Gasteiger partial charge on any atom is -0.300 e. The summed E-state index contributed by atoms with van der Waals surface area (Å²) >= 11 is 0. The van der Waals surface area contributed by atoms with Gasteiger partial charge in [-0.05, 0) is 50.7 Å². The Bertz CT molecular complexity index is 1320. The Hall–Kier alpha value is -3.66. The molecular formula is C40H52O4. The average Bonchev–Trinajstić information content (AvgIpc) is 3.27. The summed E-state index contributed by atoms with van der Waals surface area (Å²) < 4.78 is 0. The van der Waals surface area contributed by atoms with Crippen LogP contribution in [0.25, 0.3) is 0 Å². The fourth-order valence-electron chi connectivity index (χ4n) is 5.73. The molecule has 2 unspecified atom stereocenters. The topological polar surface area (TPSA) is 68.3 Å². The molecule has 236 valence electrons. The van der Waals surface area contributed by atoms with Gasteiger partial charge in [-0.3, -0.25) is 19.2 Å². The van der Waals surface area contributed by atoms with Crippen LogP contribution in [0.3, 0.4) is 0 Å². The predicted octanol–water partition coefficient (Wildman–Crippen LogP) is 9.48. The van der Waals surface area contributed by atoms with E-state index in [1.807, 2.05) is 142 Å². The largest absolute Gasteiger partial charge is 0.300 e. The molecule has 0 radical (unpaired) electrons. The van der Waals surface area contributed by atoms with Gasteiger partial charge in [-0.15, -0.1) is 0 Å². The molecule has 0 heterocycles. The summed E-state index contributed by atoms with van der Waals surface area (Å²) in [5, 5.41) is 0. The van der Waals surface area contributed by atoms with E-state index in [1.165, 1.54) is 0 Å². The monoisotopic (exact) mass is 596 g/mol. The van der Waals surface area contributed by atoms with Gasteiger partial charge in [0.15, 0.2) is 11.6 Å². The van der Waals surface area contributed by atoms with E-state index >= 15 is 0 Å². The molecule has 0 spiro atoms. The highest BCUT2D eigenvalue weighted by atomic mass is 16.1. The molecule has 44 heavy (non-hydrogen) atoms. The number of rotatable bonds is 12. The van der Waals surface area contributed by atoms with Crippen LogP contribution in [-0.2, 0) is 19.2 Å². The quantitative estimate of drug-likeness (QED) is 0.166. The Morgan fingerprint density at radius 2 is 0.750 bits per heavy atom. The second-order valence-electron chi connectivity index (χ2n) is 14.4. The highest BCUT2D eigenvalue weighted by molar-refractivity contribution is 6.02. The van der Waals surface area contributed by atoms with Crippen molar-refractivity contribution in [3.05, 3.63) is 107 Å². The number of ketones is 4. The van der Waals surface area contributed by atoms with Crippen LogP contribution in [0.2, 0.25) is 0 Å². The van der Waals surface area contributed by atoms with Gasteiger partial charge in [-0.2, -0.15) is 0 Å². The lowest BCUT2D eigenvalue weighted by molar-refractivity contribution is -0.128. The normalized spacial score (nSPS) is 27.0. The van der Waals surface area contributed by atoms with Crippen molar-refractivity contribution in [2.24, 2.45) is 21.7 Å². The van der Waals surface area contributed by atoms with Crippen molar-refractivity contribution in [2.75, 3.05) is 0 Å². The molecule has 0 aromatic heterocycles. The summed E-state index contributed by atoms with van der Waals surface area (Å²) in [6, 6.07) is 0. The van der Waals surface area contributed by atoms with E-state index in [-0.39, 0.29) is 34.0 Å². The SMILES string of the molecule is CC(/C=C/C=C(C)/C=C/C(=O)C1(C)CC(=O)CC1(C)C)=C\C=C\C=C(C)\C=C\C=C(C)\C=C\C(=O)C1(C)CC(=O)CC1(C)C. The highest BCUT2D eigenvalue weighted by Crippen LogP contribution is 2.52. The molecule has 0 amide bonds. The maximum Gasteiger partial charge on any atom is 0.162 e. The maximum atomic E-state index is 12.9. The maximum absolute atomic E-state index is 12.9. The zero-order chi connectivity index (χ0) is 33.3. The number of carbonyl (C=O) groups is 4. The van der Waals surface area contributed by atoms with Gasteiger partial charge in [0, 0.05) is 36.5 Å². The van der Waals surface area contributed by atoms with Gasteiger partial charge in [-0.25, -0.2) is 0 Å². The number of hydrogen-bond donors (Lipinski definition) is 0. The lowest BCUT2D eigenvalue weighted by Crippen LogP contribution is -2.36. The molecule has 4 nitrogen and oxygen atoms in total. The van der Waals surface area contributed by atoms with Gasteiger partial charge in [0.2, 0.25) is 0 Å².